The van der Waals surface area contributed by atoms with Gasteiger partial charge in [0.05, 0.1) is 17.1 Å². The molecule has 0 saturated carbocycles. The van der Waals surface area contributed by atoms with E-state index in [1.165, 1.54) is 35.0 Å². The maximum atomic E-state index is 13.5. The van der Waals surface area contributed by atoms with E-state index in [2.05, 4.69) is 10.4 Å². The summed E-state index contributed by atoms with van der Waals surface area (Å²) in [4.78, 5) is 23.7. The smallest absolute Gasteiger partial charge is 0.331 e. The van der Waals surface area contributed by atoms with Crippen molar-refractivity contribution >= 4 is 35.2 Å². The number of hydrogen-bond donors (Lipinski definition) is 1. The van der Waals surface area contributed by atoms with Gasteiger partial charge in [-0.1, -0.05) is 11.6 Å². The highest BCUT2D eigenvalue weighted by Crippen LogP contribution is 2.25. The van der Waals surface area contributed by atoms with Gasteiger partial charge in [-0.05, 0) is 49.4 Å². The van der Waals surface area contributed by atoms with E-state index in [0.717, 1.165) is 18.2 Å². The highest BCUT2D eigenvalue weighted by Gasteiger charge is 2.14. The van der Waals surface area contributed by atoms with E-state index in [-0.39, 0.29) is 10.8 Å². The second kappa shape index (κ2) is 9.48. The van der Waals surface area contributed by atoms with E-state index < -0.39 is 35.9 Å². The number of carbonyl (C=O) groups is 2. The summed E-state index contributed by atoms with van der Waals surface area (Å²) in [7, 11) is 0. The fourth-order valence-corrected chi connectivity index (χ4v) is 2.90. The highest BCUT2D eigenvalue weighted by molar-refractivity contribution is 6.31. The summed E-state index contributed by atoms with van der Waals surface area (Å²) in [5.74, 6) is -3.80. The summed E-state index contributed by atoms with van der Waals surface area (Å²) in [5.41, 5.74) is 1.22. The third-order valence-electron chi connectivity index (χ3n) is 4.06. The molecule has 1 N–H and O–H groups in total. The van der Waals surface area contributed by atoms with Crippen LogP contribution in [0.25, 0.3) is 11.8 Å². The number of carbonyl (C=O) groups excluding carboxylic acids is 2. The average Bonchev–Trinajstić information content (AvgIpc) is 3.01. The monoisotopic (exact) mass is 449 g/mol. The van der Waals surface area contributed by atoms with Crippen LogP contribution in [0, 0.1) is 24.4 Å². The van der Waals surface area contributed by atoms with Crippen LogP contribution in [0.2, 0.25) is 5.15 Å². The summed E-state index contributed by atoms with van der Waals surface area (Å²) in [6.45, 7) is 0.989. The van der Waals surface area contributed by atoms with Crippen LogP contribution < -0.4 is 5.32 Å². The molecule has 160 valence electrons. The van der Waals surface area contributed by atoms with Gasteiger partial charge in [-0.2, -0.15) is 5.10 Å². The van der Waals surface area contributed by atoms with Gasteiger partial charge in [-0.25, -0.2) is 22.6 Å². The van der Waals surface area contributed by atoms with E-state index in [9.17, 15) is 22.8 Å². The Morgan fingerprint density at radius 1 is 1.13 bits per heavy atom. The molecule has 10 heteroatoms. The Kier molecular flexibility index (Phi) is 6.76. The molecule has 3 rings (SSSR count). The molecule has 0 spiro atoms. The van der Waals surface area contributed by atoms with Crippen molar-refractivity contribution in [3.8, 4) is 5.69 Å². The quantitative estimate of drug-likeness (QED) is 0.446. The Morgan fingerprint density at radius 2 is 1.81 bits per heavy atom. The molecule has 0 radical (unpaired) electrons. The first kappa shape index (κ1) is 22.1. The van der Waals surface area contributed by atoms with Gasteiger partial charge in [0.2, 0.25) is 0 Å². The predicted molar refractivity (Wildman–Crippen MR) is 108 cm³/mol. The van der Waals surface area contributed by atoms with Crippen LogP contribution >= 0.6 is 11.6 Å². The predicted octanol–water partition coefficient (Wildman–Crippen LogP) is 4.45. The van der Waals surface area contributed by atoms with Crippen molar-refractivity contribution in [2.75, 3.05) is 11.9 Å². The number of aromatic nitrogens is 2. The largest absolute Gasteiger partial charge is 0.452 e. The molecule has 1 amide bonds. The van der Waals surface area contributed by atoms with Crippen molar-refractivity contribution in [3.05, 3.63) is 82.4 Å². The topological polar surface area (TPSA) is 73.2 Å². The van der Waals surface area contributed by atoms with Crippen molar-refractivity contribution in [1.82, 2.24) is 9.78 Å². The number of ether oxygens (including phenoxy) is 1. The minimum atomic E-state index is -0.956. The lowest BCUT2D eigenvalue weighted by Crippen LogP contribution is -2.20. The van der Waals surface area contributed by atoms with Crippen LogP contribution in [0.4, 0.5) is 18.9 Å². The Balaban J connectivity index is 1.61. The van der Waals surface area contributed by atoms with Gasteiger partial charge in [0, 0.05) is 17.7 Å². The summed E-state index contributed by atoms with van der Waals surface area (Å²) >= 11 is 6.31. The first-order valence-corrected chi connectivity index (χ1v) is 9.23. The van der Waals surface area contributed by atoms with Crippen molar-refractivity contribution in [2.24, 2.45) is 0 Å². The van der Waals surface area contributed by atoms with Gasteiger partial charge in [0.15, 0.2) is 6.61 Å². The maximum Gasteiger partial charge on any atom is 0.331 e. The van der Waals surface area contributed by atoms with Crippen LogP contribution in [0.5, 0.6) is 0 Å². The molecule has 3 aromatic rings. The summed E-state index contributed by atoms with van der Waals surface area (Å²) in [6.07, 6.45) is 2.42. The molecule has 31 heavy (non-hydrogen) atoms. The molecule has 0 aliphatic rings. The molecule has 0 unspecified atom stereocenters. The number of amides is 1. The van der Waals surface area contributed by atoms with Crippen LogP contribution in [-0.2, 0) is 14.3 Å². The van der Waals surface area contributed by atoms with Crippen LogP contribution in [-0.4, -0.2) is 28.3 Å². The molecule has 0 atom stereocenters. The summed E-state index contributed by atoms with van der Waals surface area (Å²) in [6, 6.07) is 8.16. The van der Waals surface area contributed by atoms with E-state index in [4.69, 9.17) is 16.3 Å². The van der Waals surface area contributed by atoms with E-state index in [1.54, 1.807) is 6.92 Å². The number of esters is 1. The molecule has 1 aromatic heterocycles. The lowest BCUT2D eigenvalue weighted by atomic mass is 10.2. The van der Waals surface area contributed by atoms with Gasteiger partial charge < -0.3 is 10.1 Å². The zero-order chi connectivity index (χ0) is 22.5. The molecule has 1 heterocycles. The van der Waals surface area contributed by atoms with E-state index >= 15 is 0 Å². The molecule has 6 nitrogen and oxygen atoms in total. The van der Waals surface area contributed by atoms with E-state index in [0.29, 0.717) is 23.0 Å². The number of rotatable bonds is 6. The molecule has 0 bridgehead atoms. The fraction of sp³-hybridized carbons (Fsp3) is 0.0952. The fourth-order valence-electron chi connectivity index (χ4n) is 2.57. The molecule has 0 fully saturated rings. The molecule has 2 aromatic carbocycles. The zero-order valence-electron chi connectivity index (χ0n) is 16.0. The van der Waals surface area contributed by atoms with Crippen LogP contribution in [0.3, 0.4) is 0 Å². The molecule has 0 saturated heterocycles. The first-order valence-electron chi connectivity index (χ1n) is 8.85. The minimum Gasteiger partial charge on any atom is -0.452 e. The van der Waals surface area contributed by atoms with Gasteiger partial charge in [-0.3, -0.25) is 4.79 Å². The maximum absolute atomic E-state index is 13.5. The lowest BCUT2D eigenvalue weighted by molar-refractivity contribution is -0.142. The number of anilines is 1. The SMILES string of the molecule is Cc1nn(-c2ccc(F)cc2)c(Cl)c1/C=C/C(=O)OCC(=O)Nc1ccc(F)cc1F. The van der Waals surface area contributed by atoms with Crippen molar-refractivity contribution in [3.63, 3.8) is 0 Å². The molecular weight excluding hydrogens is 435 g/mol. The number of benzene rings is 2. The summed E-state index contributed by atoms with van der Waals surface area (Å²) in [5, 5.41) is 6.62. The molecule has 0 aliphatic heterocycles. The molecule has 0 aliphatic carbocycles. The number of aryl methyl sites for hydroxylation is 1. The zero-order valence-corrected chi connectivity index (χ0v) is 16.8. The van der Waals surface area contributed by atoms with E-state index in [1.807, 2.05) is 0 Å². The number of halogens is 4. The Bertz CT molecular complexity index is 1160. The third kappa shape index (κ3) is 5.52. The highest BCUT2D eigenvalue weighted by atomic mass is 35.5. The van der Waals surface area contributed by atoms with Crippen molar-refractivity contribution in [2.45, 2.75) is 6.92 Å². The van der Waals surface area contributed by atoms with Crippen LogP contribution in [0.1, 0.15) is 11.3 Å². The number of nitrogens with one attached hydrogen (secondary N) is 1. The number of hydrogen-bond acceptors (Lipinski definition) is 4. The first-order chi connectivity index (χ1) is 14.7. The second-order valence-electron chi connectivity index (χ2n) is 6.29. The Morgan fingerprint density at radius 3 is 2.48 bits per heavy atom. The normalized spacial score (nSPS) is 11.0. The average molecular weight is 450 g/mol. The van der Waals surface area contributed by atoms with Gasteiger partial charge in [0.1, 0.15) is 22.6 Å². The molecular formula is C21H15ClF3N3O3. The second-order valence-corrected chi connectivity index (χ2v) is 6.65. The minimum absolute atomic E-state index is 0.192. The number of nitrogens with zero attached hydrogens (tertiary/aromatic N) is 2. The van der Waals surface area contributed by atoms with Crippen molar-refractivity contribution < 1.29 is 27.5 Å². The third-order valence-corrected chi connectivity index (χ3v) is 4.42. The van der Waals surface area contributed by atoms with Crippen LogP contribution in [0.15, 0.2) is 48.5 Å². The van der Waals surface area contributed by atoms with Gasteiger partial charge in [-0.15, -0.1) is 0 Å². The Labute approximate surface area is 179 Å². The van der Waals surface area contributed by atoms with Crippen molar-refractivity contribution in [1.29, 1.82) is 0 Å². The van der Waals surface area contributed by atoms with Gasteiger partial charge in [0.25, 0.3) is 5.91 Å². The Hall–Kier alpha value is -3.59. The summed E-state index contributed by atoms with van der Waals surface area (Å²) < 4.78 is 45.7. The van der Waals surface area contributed by atoms with Gasteiger partial charge >= 0.3 is 5.97 Å². The lowest BCUT2D eigenvalue weighted by Gasteiger charge is -2.06. The standard InChI is InChI=1S/C21H15ClF3N3O3/c1-12-16(21(22)28(27-12)15-5-2-13(23)3-6-15)7-9-20(30)31-11-19(29)26-18-8-4-14(24)10-17(18)25/h2-10H,11H2,1H3,(H,26,29)/b9-7+.